The molecule has 1 saturated heterocycles. The summed E-state index contributed by atoms with van der Waals surface area (Å²) in [6, 6.07) is 23.9. The third-order valence-corrected chi connectivity index (χ3v) is 6.51. The van der Waals surface area contributed by atoms with Gasteiger partial charge in [0.2, 0.25) is 0 Å². The van der Waals surface area contributed by atoms with E-state index in [2.05, 4.69) is 0 Å². The highest BCUT2D eigenvalue weighted by atomic mass is 32.2. The van der Waals surface area contributed by atoms with Crippen LogP contribution in [-0.4, -0.2) is 11.4 Å². The predicted molar refractivity (Wildman–Crippen MR) is 98.8 cm³/mol. The van der Waals surface area contributed by atoms with Gasteiger partial charge in [0.05, 0.1) is 5.25 Å². The van der Waals surface area contributed by atoms with Crippen LogP contribution in [0.15, 0.2) is 83.8 Å². The van der Waals surface area contributed by atoms with Crippen molar-refractivity contribution in [2.24, 2.45) is 0 Å². The maximum atomic E-state index is 13.4. The molecule has 0 bridgehead atoms. The third-order valence-electron chi connectivity index (χ3n) is 5.04. The number of epoxide rings is 1. The van der Waals surface area contributed by atoms with Crippen molar-refractivity contribution in [3.63, 3.8) is 0 Å². The van der Waals surface area contributed by atoms with E-state index >= 15 is 0 Å². The Labute approximate surface area is 155 Å². The van der Waals surface area contributed by atoms with Crippen molar-refractivity contribution in [1.82, 2.24) is 0 Å². The molecule has 2 heterocycles. The van der Waals surface area contributed by atoms with Gasteiger partial charge in [0.1, 0.15) is 11.9 Å². The second-order valence-electron chi connectivity index (χ2n) is 6.58. The Bertz CT molecular complexity index is 987. The van der Waals surface area contributed by atoms with E-state index in [0.29, 0.717) is 5.56 Å². The molecule has 3 atom stereocenters. The van der Waals surface area contributed by atoms with Gasteiger partial charge in [-0.1, -0.05) is 60.7 Å². The van der Waals surface area contributed by atoms with Crippen LogP contribution >= 0.6 is 11.8 Å². The standard InChI is InChI=1S/C22H15FO2S/c23-16-12-10-14(11-13-16)20-22(25-20)19(24)17-8-4-5-9-18(17)26-21(22)15-6-2-1-3-7-15/h1-13,20-21H/t20-,21+,22-/m0/s1. The Morgan fingerprint density at radius 3 is 2.31 bits per heavy atom. The molecular formula is C22H15FO2S. The van der Waals surface area contributed by atoms with Gasteiger partial charge in [-0.3, -0.25) is 4.79 Å². The maximum Gasteiger partial charge on any atom is 0.200 e. The number of hydrogen-bond donors (Lipinski definition) is 0. The van der Waals surface area contributed by atoms with Gasteiger partial charge in [0.25, 0.3) is 0 Å². The zero-order valence-electron chi connectivity index (χ0n) is 13.8. The molecule has 2 nitrogen and oxygen atoms in total. The molecule has 0 aromatic heterocycles. The molecule has 4 heteroatoms. The molecule has 26 heavy (non-hydrogen) atoms. The number of fused-ring (bicyclic) bond motifs is 1. The molecule has 0 amide bonds. The normalized spacial score (nSPS) is 26.6. The van der Waals surface area contributed by atoms with Crippen LogP contribution in [0.1, 0.15) is 32.8 Å². The largest absolute Gasteiger partial charge is 0.351 e. The van der Waals surface area contributed by atoms with E-state index in [1.54, 1.807) is 23.9 Å². The smallest absolute Gasteiger partial charge is 0.200 e. The average molecular weight is 362 g/mol. The number of ketones is 1. The molecule has 0 saturated carbocycles. The van der Waals surface area contributed by atoms with Crippen LogP contribution in [0.2, 0.25) is 0 Å². The third kappa shape index (κ3) is 2.26. The van der Waals surface area contributed by atoms with Gasteiger partial charge in [-0.05, 0) is 29.3 Å². The number of Topliss-reactive ketones (excluding diaryl/α,β-unsaturated/α-hetero) is 1. The summed E-state index contributed by atoms with van der Waals surface area (Å²) < 4.78 is 19.4. The quantitative estimate of drug-likeness (QED) is 0.574. The summed E-state index contributed by atoms with van der Waals surface area (Å²) in [5.41, 5.74) is 1.66. The fourth-order valence-corrected chi connectivity index (χ4v) is 5.18. The summed E-state index contributed by atoms with van der Waals surface area (Å²) in [6.45, 7) is 0. The number of carbonyl (C=O) groups is 1. The van der Waals surface area contributed by atoms with E-state index in [-0.39, 0.29) is 23.0 Å². The minimum Gasteiger partial charge on any atom is -0.351 e. The van der Waals surface area contributed by atoms with Crippen LogP contribution in [-0.2, 0) is 4.74 Å². The maximum absolute atomic E-state index is 13.4. The lowest BCUT2D eigenvalue weighted by molar-refractivity contribution is 0.0861. The second kappa shape index (κ2) is 5.79. The van der Waals surface area contributed by atoms with Gasteiger partial charge in [0.15, 0.2) is 11.4 Å². The molecule has 0 radical (unpaired) electrons. The zero-order chi connectivity index (χ0) is 17.7. The summed E-state index contributed by atoms with van der Waals surface area (Å²) in [4.78, 5) is 14.4. The molecule has 128 valence electrons. The van der Waals surface area contributed by atoms with Crippen molar-refractivity contribution < 1.29 is 13.9 Å². The predicted octanol–water partition coefficient (Wildman–Crippen LogP) is 5.37. The highest BCUT2D eigenvalue weighted by Gasteiger charge is 2.69. The highest BCUT2D eigenvalue weighted by Crippen LogP contribution is 2.66. The summed E-state index contributed by atoms with van der Waals surface area (Å²) >= 11 is 1.66. The molecule has 2 aliphatic rings. The Kier molecular flexibility index (Phi) is 3.52. The Morgan fingerprint density at radius 1 is 0.846 bits per heavy atom. The fraction of sp³-hybridized carbons (Fsp3) is 0.136. The average Bonchev–Trinajstić information content (AvgIpc) is 3.42. The van der Waals surface area contributed by atoms with Crippen molar-refractivity contribution in [3.05, 3.63) is 101 Å². The van der Waals surface area contributed by atoms with E-state index in [4.69, 9.17) is 4.74 Å². The summed E-state index contributed by atoms with van der Waals surface area (Å²) in [5.74, 6) is -0.284. The van der Waals surface area contributed by atoms with Gasteiger partial charge in [0, 0.05) is 10.5 Å². The molecule has 5 rings (SSSR count). The van der Waals surface area contributed by atoms with Crippen molar-refractivity contribution in [1.29, 1.82) is 0 Å². The van der Waals surface area contributed by atoms with Gasteiger partial charge in [-0.2, -0.15) is 0 Å². The number of hydrogen-bond acceptors (Lipinski definition) is 3. The summed E-state index contributed by atoms with van der Waals surface area (Å²) in [5, 5.41) is -0.138. The molecule has 0 aliphatic carbocycles. The van der Waals surface area contributed by atoms with Crippen LogP contribution in [0.4, 0.5) is 4.39 Å². The monoisotopic (exact) mass is 362 g/mol. The SMILES string of the molecule is O=C1c2ccccc2S[C@H](c2ccccc2)[C@]12O[C@H]2c1ccc(F)cc1. The van der Waals surface area contributed by atoms with Crippen molar-refractivity contribution in [2.45, 2.75) is 21.9 Å². The molecule has 0 N–H and O–H groups in total. The Morgan fingerprint density at radius 2 is 1.54 bits per heavy atom. The van der Waals surface area contributed by atoms with Crippen LogP contribution < -0.4 is 0 Å². The molecule has 3 aromatic rings. The lowest BCUT2D eigenvalue weighted by Crippen LogP contribution is -2.35. The summed E-state index contributed by atoms with van der Waals surface area (Å²) in [7, 11) is 0. The van der Waals surface area contributed by atoms with Gasteiger partial charge < -0.3 is 4.74 Å². The molecule has 0 unspecified atom stereocenters. The molecule has 1 fully saturated rings. The summed E-state index contributed by atoms with van der Waals surface area (Å²) in [6.07, 6.45) is -0.360. The lowest BCUT2D eigenvalue weighted by Gasteiger charge is -2.30. The first-order chi connectivity index (χ1) is 12.7. The van der Waals surface area contributed by atoms with Crippen molar-refractivity contribution in [3.8, 4) is 0 Å². The molecule has 1 spiro atoms. The van der Waals surface area contributed by atoms with Crippen LogP contribution in [0.3, 0.4) is 0 Å². The van der Waals surface area contributed by atoms with E-state index in [1.807, 2.05) is 54.6 Å². The lowest BCUT2D eigenvalue weighted by atomic mass is 9.85. The van der Waals surface area contributed by atoms with Crippen molar-refractivity contribution in [2.75, 3.05) is 0 Å². The number of halogens is 1. The Balaban J connectivity index is 1.64. The molecule has 3 aromatic carbocycles. The van der Waals surface area contributed by atoms with Gasteiger partial charge >= 0.3 is 0 Å². The number of carbonyl (C=O) groups excluding carboxylic acids is 1. The fourth-order valence-electron chi connectivity index (χ4n) is 3.73. The first-order valence-corrected chi connectivity index (χ1v) is 9.37. The zero-order valence-corrected chi connectivity index (χ0v) is 14.6. The second-order valence-corrected chi connectivity index (χ2v) is 7.72. The minimum absolute atomic E-state index is 0.00929. The first-order valence-electron chi connectivity index (χ1n) is 8.49. The van der Waals surface area contributed by atoms with Gasteiger partial charge in [-0.15, -0.1) is 11.8 Å². The van der Waals surface area contributed by atoms with E-state index < -0.39 is 5.60 Å². The van der Waals surface area contributed by atoms with Crippen LogP contribution in [0.5, 0.6) is 0 Å². The number of rotatable bonds is 2. The topological polar surface area (TPSA) is 29.6 Å². The molecule has 2 aliphatic heterocycles. The van der Waals surface area contributed by atoms with Gasteiger partial charge in [-0.25, -0.2) is 4.39 Å². The number of benzene rings is 3. The van der Waals surface area contributed by atoms with Crippen molar-refractivity contribution >= 4 is 17.5 Å². The number of thioether (sulfide) groups is 1. The van der Waals surface area contributed by atoms with Crippen LogP contribution in [0, 0.1) is 5.82 Å². The number of ether oxygens (including phenoxy) is 1. The Hall–Kier alpha value is -2.43. The highest BCUT2D eigenvalue weighted by molar-refractivity contribution is 7.99. The first kappa shape index (κ1) is 15.8. The minimum atomic E-state index is -0.932. The molecular weight excluding hydrogens is 347 g/mol. The van der Waals surface area contributed by atoms with E-state index in [9.17, 15) is 9.18 Å². The van der Waals surface area contributed by atoms with E-state index in [1.165, 1.54) is 12.1 Å². The van der Waals surface area contributed by atoms with E-state index in [0.717, 1.165) is 16.0 Å². The van der Waals surface area contributed by atoms with Crippen LogP contribution in [0.25, 0.3) is 0 Å².